The van der Waals surface area contributed by atoms with Gasteiger partial charge in [0.05, 0.1) is 13.2 Å². The highest BCUT2D eigenvalue weighted by Crippen LogP contribution is 2.36. The van der Waals surface area contributed by atoms with E-state index in [0.29, 0.717) is 25.0 Å². The molecule has 0 unspecified atom stereocenters. The Bertz CT molecular complexity index is 540. The van der Waals surface area contributed by atoms with E-state index in [1.54, 1.807) is 0 Å². The number of rotatable bonds is 8. The van der Waals surface area contributed by atoms with Crippen LogP contribution in [0.4, 0.5) is 0 Å². The van der Waals surface area contributed by atoms with E-state index in [1.807, 2.05) is 19.1 Å². The second-order valence-electron chi connectivity index (χ2n) is 7.16. The molecule has 148 valence electrons. The van der Waals surface area contributed by atoms with Gasteiger partial charge in [-0.3, -0.25) is 4.99 Å². The number of hydrogen-bond donors (Lipinski definition) is 2. The molecule has 5 nitrogen and oxygen atoms in total. The van der Waals surface area contributed by atoms with Gasteiger partial charge in [-0.2, -0.15) is 0 Å². The highest BCUT2D eigenvalue weighted by atomic mass is 127. The Kier molecular flexibility index (Phi) is 10.3. The predicted octanol–water partition coefficient (Wildman–Crippen LogP) is 3.70. The van der Waals surface area contributed by atoms with Gasteiger partial charge < -0.3 is 20.5 Å². The van der Waals surface area contributed by atoms with E-state index in [2.05, 4.69) is 36.3 Å². The van der Waals surface area contributed by atoms with E-state index >= 15 is 0 Å². The van der Waals surface area contributed by atoms with Gasteiger partial charge in [0.1, 0.15) is 5.75 Å². The van der Waals surface area contributed by atoms with Crippen LogP contribution in [0.25, 0.3) is 0 Å². The van der Waals surface area contributed by atoms with Crippen LogP contribution in [0.3, 0.4) is 0 Å². The lowest BCUT2D eigenvalue weighted by molar-refractivity contribution is 0.0531. The summed E-state index contributed by atoms with van der Waals surface area (Å²) in [7, 11) is 0. The van der Waals surface area contributed by atoms with Crippen LogP contribution in [-0.2, 0) is 10.2 Å². The molecule has 1 fully saturated rings. The van der Waals surface area contributed by atoms with Crippen molar-refractivity contribution < 1.29 is 9.47 Å². The van der Waals surface area contributed by atoms with Crippen molar-refractivity contribution in [3.63, 3.8) is 0 Å². The van der Waals surface area contributed by atoms with Crippen molar-refractivity contribution in [2.75, 3.05) is 32.9 Å². The normalized spacial score (nSPS) is 16.8. The molecule has 0 spiro atoms. The first-order valence-electron chi connectivity index (χ1n) is 9.40. The van der Waals surface area contributed by atoms with Crippen molar-refractivity contribution in [2.45, 2.75) is 45.4 Å². The summed E-state index contributed by atoms with van der Waals surface area (Å²) in [5.74, 6) is 2.11. The highest BCUT2D eigenvalue weighted by molar-refractivity contribution is 14.0. The molecule has 0 aromatic heterocycles. The van der Waals surface area contributed by atoms with Crippen LogP contribution in [0.1, 0.15) is 45.6 Å². The molecule has 1 aliphatic heterocycles. The fraction of sp³-hybridized carbons (Fsp3) is 0.650. The molecule has 0 amide bonds. The zero-order chi connectivity index (χ0) is 18.1. The fourth-order valence-electron chi connectivity index (χ4n) is 3.15. The summed E-state index contributed by atoms with van der Waals surface area (Å²) in [4.78, 5) is 4.65. The number of hydrogen-bond acceptors (Lipinski definition) is 3. The number of aliphatic imine (C=N–C) groups is 1. The van der Waals surface area contributed by atoms with Gasteiger partial charge in [-0.25, -0.2) is 0 Å². The lowest BCUT2D eigenvalue weighted by atomic mass is 9.74. The first kappa shape index (κ1) is 23.0. The Morgan fingerprint density at radius 3 is 2.50 bits per heavy atom. The smallest absolute Gasteiger partial charge is 0.188 e. The number of halogens is 1. The van der Waals surface area contributed by atoms with Crippen molar-refractivity contribution in [2.24, 2.45) is 16.6 Å². The minimum absolute atomic E-state index is 0. The van der Waals surface area contributed by atoms with Crippen LogP contribution in [-0.4, -0.2) is 38.9 Å². The predicted molar refractivity (Wildman–Crippen MR) is 119 cm³/mol. The van der Waals surface area contributed by atoms with Gasteiger partial charge in [-0.15, -0.1) is 24.0 Å². The lowest BCUT2D eigenvalue weighted by Crippen LogP contribution is -2.39. The van der Waals surface area contributed by atoms with Crippen LogP contribution in [0.2, 0.25) is 0 Å². The van der Waals surface area contributed by atoms with Crippen molar-refractivity contribution in [3.8, 4) is 5.75 Å². The number of nitrogens with zero attached hydrogens (tertiary/aromatic N) is 1. The average molecular weight is 475 g/mol. The maximum Gasteiger partial charge on any atom is 0.188 e. The summed E-state index contributed by atoms with van der Waals surface area (Å²) in [5, 5.41) is 3.22. The van der Waals surface area contributed by atoms with E-state index in [4.69, 9.17) is 15.2 Å². The molecule has 0 radical (unpaired) electrons. The number of ether oxygens (including phenoxy) is 2. The second kappa shape index (κ2) is 11.6. The molecule has 0 atom stereocenters. The van der Waals surface area contributed by atoms with Crippen molar-refractivity contribution >= 4 is 29.9 Å². The van der Waals surface area contributed by atoms with E-state index in [-0.39, 0.29) is 29.4 Å². The van der Waals surface area contributed by atoms with Crippen LogP contribution in [0.5, 0.6) is 5.75 Å². The minimum Gasteiger partial charge on any atom is -0.494 e. The fourth-order valence-corrected chi connectivity index (χ4v) is 3.15. The molecule has 0 saturated carbocycles. The number of benzene rings is 1. The van der Waals surface area contributed by atoms with Crippen molar-refractivity contribution in [3.05, 3.63) is 29.8 Å². The summed E-state index contributed by atoms with van der Waals surface area (Å²) in [6.07, 6.45) is 3.02. The standard InChI is InChI=1S/C20H33N3O2.HI/c1-4-25-18-7-5-17(6-8-18)20(10-13-24-14-11-20)15-23-19(21)22-12-9-16(2)3;/h5-8,16H,4,9-15H2,1-3H3,(H3,21,22,23);1H. The first-order chi connectivity index (χ1) is 12.1. The minimum atomic E-state index is -0.00660. The molecule has 3 N–H and O–H groups in total. The van der Waals surface area contributed by atoms with Crippen LogP contribution in [0.15, 0.2) is 29.3 Å². The second-order valence-corrected chi connectivity index (χ2v) is 7.16. The molecule has 1 aromatic rings. The Balaban J connectivity index is 0.00000338. The molecule has 6 heteroatoms. The molecule has 0 aliphatic carbocycles. The molecule has 0 bridgehead atoms. The van der Waals surface area contributed by atoms with Gasteiger partial charge in [0.15, 0.2) is 5.96 Å². The summed E-state index contributed by atoms with van der Waals surface area (Å²) in [6.45, 7) is 10.2. The van der Waals surface area contributed by atoms with Gasteiger partial charge in [-0.05, 0) is 49.8 Å². The maximum atomic E-state index is 6.07. The van der Waals surface area contributed by atoms with E-state index < -0.39 is 0 Å². The maximum absolute atomic E-state index is 6.07. The molecule has 26 heavy (non-hydrogen) atoms. The third-order valence-corrected chi connectivity index (χ3v) is 4.81. The highest BCUT2D eigenvalue weighted by Gasteiger charge is 2.34. The summed E-state index contributed by atoms with van der Waals surface area (Å²) < 4.78 is 11.1. The topological polar surface area (TPSA) is 68.9 Å². The van der Waals surface area contributed by atoms with Crippen LogP contribution in [0, 0.1) is 5.92 Å². The monoisotopic (exact) mass is 475 g/mol. The number of guanidine groups is 1. The molecule has 1 saturated heterocycles. The van der Waals surface area contributed by atoms with E-state index in [0.717, 1.165) is 44.8 Å². The molecule has 2 rings (SSSR count). The molecule has 1 heterocycles. The van der Waals surface area contributed by atoms with E-state index in [9.17, 15) is 0 Å². The molecular formula is C20H34IN3O2. The zero-order valence-electron chi connectivity index (χ0n) is 16.3. The zero-order valence-corrected chi connectivity index (χ0v) is 18.6. The Morgan fingerprint density at radius 2 is 1.92 bits per heavy atom. The van der Waals surface area contributed by atoms with Crippen LogP contribution >= 0.6 is 24.0 Å². The largest absolute Gasteiger partial charge is 0.494 e. The summed E-state index contributed by atoms with van der Waals surface area (Å²) in [5.41, 5.74) is 7.35. The quantitative estimate of drug-likeness (QED) is 0.342. The van der Waals surface area contributed by atoms with Gasteiger partial charge in [0.25, 0.3) is 0 Å². The van der Waals surface area contributed by atoms with Gasteiger partial charge in [0, 0.05) is 25.2 Å². The Morgan fingerprint density at radius 1 is 1.27 bits per heavy atom. The van der Waals surface area contributed by atoms with Gasteiger partial charge >= 0.3 is 0 Å². The van der Waals surface area contributed by atoms with Crippen molar-refractivity contribution in [1.29, 1.82) is 0 Å². The van der Waals surface area contributed by atoms with Crippen LogP contribution < -0.4 is 15.8 Å². The average Bonchev–Trinajstić information content (AvgIpc) is 2.61. The molecular weight excluding hydrogens is 441 g/mol. The summed E-state index contributed by atoms with van der Waals surface area (Å²) >= 11 is 0. The SMILES string of the molecule is CCOc1ccc(C2(CN=C(N)NCCC(C)C)CCOCC2)cc1.I. The molecule has 1 aliphatic rings. The lowest BCUT2D eigenvalue weighted by Gasteiger charge is -2.36. The summed E-state index contributed by atoms with van der Waals surface area (Å²) in [6, 6.07) is 8.41. The third kappa shape index (κ3) is 6.95. The third-order valence-electron chi connectivity index (χ3n) is 4.81. The Labute approximate surface area is 175 Å². The Hall–Kier alpha value is -1.02. The van der Waals surface area contributed by atoms with Crippen molar-refractivity contribution in [1.82, 2.24) is 5.32 Å². The molecule has 1 aromatic carbocycles. The number of nitrogens with one attached hydrogen (secondary N) is 1. The van der Waals surface area contributed by atoms with Gasteiger partial charge in [0.2, 0.25) is 0 Å². The first-order valence-corrected chi connectivity index (χ1v) is 9.40. The van der Waals surface area contributed by atoms with E-state index in [1.165, 1.54) is 5.56 Å². The number of nitrogens with two attached hydrogens (primary N) is 1. The van der Waals surface area contributed by atoms with Gasteiger partial charge in [-0.1, -0.05) is 26.0 Å².